The van der Waals surface area contributed by atoms with Crippen LogP contribution in [0.1, 0.15) is 13.8 Å². The van der Waals surface area contributed by atoms with E-state index in [0.717, 1.165) is 0 Å². The number of hydrogen-bond donors (Lipinski definition) is 4. The molecule has 16 heavy (non-hydrogen) atoms. The van der Waals surface area contributed by atoms with Crippen LogP contribution in [0.5, 0.6) is 0 Å². The fraction of sp³-hybridized carbons (Fsp3) is 1.00. The fourth-order valence-electron chi connectivity index (χ4n) is 1.36. The third-order valence-electron chi connectivity index (χ3n) is 2.30. The first-order valence-electron chi connectivity index (χ1n) is 5.21. The van der Waals surface area contributed by atoms with E-state index in [9.17, 15) is 15.3 Å². The summed E-state index contributed by atoms with van der Waals surface area (Å²) in [5.41, 5.74) is 0. The number of ether oxygens (including phenoxy) is 2. The number of aliphatic hydroxyl groups is 4. The monoisotopic (exact) mass is 238 g/mol. The Labute approximate surface area is 95.4 Å². The smallest absolute Gasteiger partial charge is 0.146 e. The standard InChI is InChI=1S/C10H22O6/c1-6(2)10(16-5-15-3)9(14)8(13)7(12)4-11/h6-14H,4-5H2,1-3H3/t7-,8-,9-,10+/m0/s1. The molecule has 4 atom stereocenters. The minimum Gasteiger partial charge on any atom is -0.394 e. The van der Waals surface area contributed by atoms with E-state index < -0.39 is 31.0 Å². The lowest BCUT2D eigenvalue weighted by Gasteiger charge is -2.31. The molecule has 0 rings (SSSR count). The number of aliphatic hydroxyl groups excluding tert-OH is 4. The molecule has 4 N–H and O–H groups in total. The molecule has 0 saturated carbocycles. The van der Waals surface area contributed by atoms with E-state index in [4.69, 9.17) is 14.6 Å². The van der Waals surface area contributed by atoms with Gasteiger partial charge < -0.3 is 29.9 Å². The van der Waals surface area contributed by atoms with Gasteiger partial charge in [-0.05, 0) is 5.92 Å². The summed E-state index contributed by atoms with van der Waals surface area (Å²) < 4.78 is 9.92. The second kappa shape index (κ2) is 7.94. The van der Waals surface area contributed by atoms with Crippen LogP contribution in [0.2, 0.25) is 0 Å². The van der Waals surface area contributed by atoms with Crippen molar-refractivity contribution in [1.82, 2.24) is 0 Å². The summed E-state index contributed by atoms with van der Waals surface area (Å²) >= 11 is 0. The molecule has 0 amide bonds. The first-order chi connectivity index (χ1) is 7.45. The number of rotatable bonds is 8. The minimum atomic E-state index is -1.45. The lowest BCUT2D eigenvalue weighted by molar-refractivity contribution is -0.171. The van der Waals surface area contributed by atoms with Gasteiger partial charge in [0.05, 0.1) is 12.7 Å². The first-order valence-corrected chi connectivity index (χ1v) is 5.21. The van der Waals surface area contributed by atoms with E-state index in [1.165, 1.54) is 7.11 Å². The maximum absolute atomic E-state index is 9.77. The van der Waals surface area contributed by atoms with Crippen LogP contribution in [-0.2, 0) is 9.47 Å². The summed E-state index contributed by atoms with van der Waals surface area (Å²) in [5.74, 6) is -0.0642. The van der Waals surface area contributed by atoms with Crippen molar-refractivity contribution in [3.63, 3.8) is 0 Å². The van der Waals surface area contributed by atoms with Crippen LogP contribution in [0, 0.1) is 5.92 Å². The Morgan fingerprint density at radius 3 is 2.00 bits per heavy atom. The molecule has 0 aliphatic heterocycles. The summed E-state index contributed by atoms with van der Waals surface area (Å²) in [7, 11) is 1.45. The van der Waals surface area contributed by atoms with Gasteiger partial charge in [0.1, 0.15) is 25.1 Å². The van der Waals surface area contributed by atoms with Crippen LogP contribution in [0.4, 0.5) is 0 Å². The number of hydrogen-bond acceptors (Lipinski definition) is 6. The molecule has 0 radical (unpaired) electrons. The van der Waals surface area contributed by atoms with Gasteiger partial charge in [-0.15, -0.1) is 0 Å². The van der Waals surface area contributed by atoms with E-state index in [-0.39, 0.29) is 12.7 Å². The van der Waals surface area contributed by atoms with Crippen molar-refractivity contribution in [3.05, 3.63) is 0 Å². The predicted octanol–water partition coefficient (Wildman–Crippen LogP) is -1.29. The van der Waals surface area contributed by atoms with Crippen LogP contribution in [-0.4, -0.2) is 65.4 Å². The number of methoxy groups -OCH3 is 1. The van der Waals surface area contributed by atoms with Gasteiger partial charge in [-0.25, -0.2) is 0 Å². The highest BCUT2D eigenvalue weighted by Gasteiger charge is 2.33. The molecule has 0 unspecified atom stereocenters. The van der Waals surface area contributed by atoms with Crippen LogP contribution < -0.4 is 0 Å². The second-order valence-electron chi connectivity index (χ2n) is 4.01. The molecule has 0 aliphatic carbocycles. The Morgan fingerprint density at radius 1 is 1.06 bits per heavy atom. The molecule has 0 aromatic heterocycles. The minimum absolute atomic E-state index is 0.0121. The Bertz CT molecular complexity index is 175. The van der Waals surface area contributed by atoms with E-state index in [1.54, 1.807) is 0 Å². The molecule has 6 nitrogen and oxygen atoms in total. The van der Waals surface area contributed by atoms with Gasteiger partial charge in [-0.1, -0.05) is 13.8 Å². The molecule has 98 valence electrons. The van der Waals surface area contributed by atoms with Gasteiger partial charge in [0.15, 0.2) is 0 Å². The largest absolute Gasteiger partial charge is 0.394 e. The van der Waals surface area contributed by atoms with Crippen molar-refractivity contribution in [1.29, 1.82) is 0 Å². The quantitative estimate of drug-likeness (QED) is 0.393. The van der Waals surface area contributed by atoms with Crippen molar-refractivity contribution in [2.75, 3.05) is 20.5 Å². The maximum atomic E-state index is 9.77. The third-order valence-corrected chi connectivity index (χ3v) is 2.30. The van der Waals surface area contributed by atoms with Crippen molar-refractivity contribution < 1.29 is 29.9 Å². The molecule has 0 heterocycles. The van der Waals surface area contributed by atoms with Crippen molar-refractivity contribution in [2.24, 2.45) is 5.92 Å². The van der Waals surface area contributed by atoms with Crippen LogP contribution in [0.25, 0.3) is 0 Å². The highest BCUT2D eigenvalue weighted by atomic mass is 16.7. The van der Waals surface area contributed by atoms with Gasteiger partial charge >= 0.3 is 0 Å². The van der Waals surface area contributed by atoms with Crippen LogP contribution in [0.15, 0.2) is 0 Å². The van der Waals surface area contributed by atoms with Crippen molar-refractivity contribution in [2.45, 2.75) is 38.3 Å². The van der Waals surface area contributed by atoms with Crippen LogP contribution >= 0.6 is 0 Å². The molecule has 6 heteroatoms. The van der Waals surface area contributed by atoms with Crippen LogP contribution in [0.3, 0.4) is 0 Å². The molecule has 0 saturated heterocycles. The highest BCUT2D eigenvalue weighted by molar-refractivity contribution is 4.83. The summed E-state index contributed by atoms with van der Waals surface area (Å²) in [6.07, 6.45) is -4.79. The zero-order valence-corrected chi connectivity index (χ0v) is 9.91. The first kappa shape index (κ1) is 15.8. The van der Waals surface area contributed by atoms with E-state index in [2.05, 4.69) is 0 Å². The summed E-state index contributed by atoms with van der Waals surface area (Å²) in [5, 5.41) is 37.2. The average Bonchev–Trinajstić information content (AvgIpc) is 2.26. The summed E-state index contributed by atoms with van der Waals surface area (Å²) in [6, 6.07) is 0. The molecule has 0 aromatic carbocycles. The molecular weight excluding hydrogens is 216 g/mol. The van der Waals surface area contributed by atoms with E-state index in [0.29, 0.717) is 0 Å². The molecular formula is C10H22O6. The lowest BCUT2D eigenvalue weighted by Crippen LogP contribution is -2.48. The Hall–Kier alpha value is -0.240. The molecule has 0 fully saturated rings. The topological polar surface area (TPSA) is 99.4 Å². The molecule has 0 bridgehead atoms. The van der Waals surface area contributed by atoms with E-state index in [1.807, 2.05) is 13.8 Å². The zero-order chi connectivity index (χ0) is 12.7. The maximum Gasteiger partial charge on any atom is 0.146 e. The van der Waals surface area contributed by atoms with Gasteiger partial charge in [0.25, 0.3) is 0 Å². The summed E-state index contributed by atoms with van der Waals surface area (Å²) in [6.45, 7) is 2.98. The van der Waals surface area contributed by atoms with E-state index >= 15 is 0 Å². The Morgan fingerprint density at radius 2 is 1.62 bits per heavy atom. The summed E-state index contributed by atoms with van der Waals surface area (Å²) in [4.78, 5) is 0. The predicted molar refractivity (Wildman–Crippen MR) is 56.7 cm³/mol. The third kappa shape index (κ3) is 4.73. The normalized spacial score (nSPS) is 19.5. The van der Waals surface area contributed by atoms with Crippen molar-refractivity contribution >= 4 is 0 Å². The SMILES string of the molecule is COCO[C@H](C(C)C)[C@@H](O)[C@@H](O)[C@@H](O)CO. The Kier molecular flexibility index (Phi) is 7.82. The van der Waals surface area contributed by atoms with Gasteiger partial charge in [-0.3, -0.25) is 0 Å². The fourth-order valence-corrected chi connectivity index (χ4v) is 1.36. The van der Waals surface area contributed by atoms with Gasteiger partial charge in [0.2, 0.25) is 0 Å². The van der Waals surface area contributed by atoms with Crippen molar-refractivity contribution in [3.8, 4) is 0 Å². The van der Waals surface area contributed by atoms with Gasteiger partial charge in [-0.2, -0.15) is 0 Å². The molecule has 0 aromatic rings. The molecule has 0 spiro atoms. The zero-order valence-electron chi connectivity index (χ0n) is 9.91. The highest BCUT2D eigenvalue weighted by Crippen LogP contribution is 2.16. The average molecular weight is 238 g/mol. The van der Waals surface area contributed by atoms with Gasteiger partial charge in [0, 0.05) is 7.11 Å². The lowest BCUT2D eigenvalue weighted by atomic mass is 9.95. The Balaban J connectivity index is 4.41. The second-order valence-corrected chi connectivity index (χ2v) is 4.01. The molecule has 0 aliphatic rings.